The quantitative estimate of drug-likeness (QED) is 0.939. The molecule has 0 radical (unpaired) electrons. The molecule has 2 aromatic heterocycles. The molecule has 1 fully saturated rings. The first-order chi connectivity index (χ1) is 10.2. The topological polar surface area (TPSA) is 57.8 Å². The largest absolute Gasteiger partial charge is 0.396 e. The van der Waals surface area contributed by atoms with Crippen molar-refractivity contribution in [2.75, 3.05) is 13.2 Å². The Bertz CT molecular complexity index is 648. The summed E-state index contributed by atoms with van der Waals surface area (Å²) in [5.41, 5.74) is 2.42. The summed E-state index contributed by atoms with van der Waals surface area (Å²) in [6, 6.07) is 4.11. The predicted molar refractivity (Wildman–Crippen MR) is 80.3 cm³/mol. The first-order valence-corrected chi connectivity index (χ1v) is 7.56. The molecule has 2 aromatic rings. The number of aryl methyl sites for hydroxylation is 1. The summed E-state index contributed by atoms with van der Waals surface area (Å²) in [4.78, 5) is 19.0. The summed E-state index contributed by atoms with van der Waals surface area (Å²) in [7, 11) is 0. The normalized spacial score (nSPS) is 19.1. The lowest BCUT2D eigenvalue weighted by Gasteiger charge is -2.35. The molecule has 5 nitrogen and oxygen atoms in total. The van der Waals surface area contributed by atoms with E-state index in [9.17, 15) is 9.90 Å². The number of pyridine rings is 1. The summed E-state index contributed by atoms with van der Waals surface area (Å²) >= 11 is 0. The standard InChI is InChI=1S/C16H21N3O2/c1-12-5-8-18-11-14(17-15(18)10-12)16(21)19-7-3-2-4-13(19)6-9-20/h5,8,10-11,13,20H,2-4,6-7,9H2,1H3. The van der Waals surface area contributed by atoms with Crippen LogP contribution in [0, 0.1) is 6.92 Å². The number of imidazole rings is 1. The zero-order valence-electron chi connectivity index (χ0n) is 12.3. The Balaban J connectivity index is 1.87. The van der Waals surface area contributed by atoms with Crippen LogP contribution in [-0.2, 0) is 0 Å². The molecule has 0 spiro atoms. The van der Waals surface area contributed by atoms with Crippen molar-refractivity contribution in [2.45, 2.75) is 38.6 Å². The molecule has 1 unspecified atom stereocenters. The average molecular weight is 287 g/mol. The van der Waals surface area contributed by atoms with Crippen LogP contribution in [0.4, 0.5) is 0 Å². The Morgan fingerprint density at radius 2 is 2.33 bits per heavy atom. The minimum absolute atomic E-state index is 0.0190. The number of aliphatic hydroxyl groups is 1. The number of piperidine rings is 1. The maximum atomic E-state index is 12.7. The molecule has 0 aromatic carbocycles. The summed E-state index contributed by atoms with van der Waals surface area (Å²) in [6.45, 7) is 2.90. The maximum absolute atomic E-state index is 12.7. The molecular weight excluding hydrogens is 266 g/mol. The fourth-order valence-electron chi connectivity index (χ4n) is 3.05. The third-order valence-corrected chi connectivity index (χ3v) is 4.19. The molecule has 0 saturated carbocycles. The van der Waals surface area contributed by atoms with E-state index in [0.29, 0.717) is 12.1 Å². The van der Waals surface area contributed by atoms with Crippen LogP contribution in [0.25, 0.3) is 5.65 Å². The number of aromatic nitrogens is 2. The molecule has 1 atom stereocenters. The lowest BCUT2D eigenvalue weighted by molar-refractivity contribution is 0.0569. The zero-order valence-corrected chi connectivity index (χ0v) is 12.3. The van der Waals surface area contributed by atoms with Gasteiger partial charge in [-0.2, -0.15) is 0 Å². The highest BCUT2D eigenvalue weighted by Crippen LogP contribution is 2.22. The second-order valence-corrected chi connectivity index (χ2v) is 5.76. The van der Waals surface area contributed by atoms with Crippen molar-refractivity contribution in [3.63, 3.8) is 0 Å². The Morgan fingerprint density at radius 3 is 3.14 bits per heavy atom. The summed E-state index contributed by atoms with van der Waals surface area (Å²) in [6.07, 6.45) is 7.49. The highest BCUT2D eigenvalue weighted by Gasteiger charge is 2.28. The van der Waals surface area contributed by atoms with Crippen molar-refractivity contribution < 1.29 is 9.90 Å². The third-order valence-electron chi connectivity index (χ3n) is 4.19. The number of hydrogen-bond donors (Lipinski definition) is 1. The van der Waals surface area contributed by atoms with Gasteiger partial charge in [-0.25, -0.2) is 4.98 Å². The molecule has 0 aliphatic carbocycles. The summed E-state index contributed by atoms with van der Waals surface area (Å²) < 4.78 is 1.88. The van der Waals surface area contributed by atoms with E-state index in [0.717, 1.165) is 37.0 Å². The number of rotatable bonds is 3. The SMILES string of the molecule is Cc1ccn2cc(C(=O)N3CCCCC3CCO)nc2c1. The van der Waals surface area contributed by atoms with Crippen molar-refractivity contribution in [1.82, 2.24) is 14.3 Å². The van der Waals surface area contributed by atoms with Gasteiger partial charge < -0.3 is 14.4 Å². The van der Waals surface area contributed by atoms with E-state index in [1.807, 2.05) is 34.6 Å². The van der Waals surface area contributed by atoms with Gasteiger partial charge in [0.15, 0.2) is 0 Å². The van der Waals surface area contributed by atoms with Gasteiger partial charge in [0.2, 0.25) is 0 Å². The van der Waals surface area contributed by atoms with Crippen molar-refractivity contribution in [1.29, 1.82) is 0 Å². The number of likely N-dealkylation sites (tertiary alicyclic amines) is 1. The predicted octanol–water partition coefficient (Wildman–Crippen LogP) is 2.02. The Hall–Kier alpha value is -1.88. The van der Waals surface area contributed by atoms with E-state index in [1.54, 1.807) is 6.20 Å². The Labute approximate surface area is 124 Å². The summed E-state index contributed by atoms with van der Waals surface area (Å²) in [5.74, 6) is -0.0190. The van der Waals surface area contributed by atoms with Gasteiger partial charge in [0.25, 0.3) is 5.91 Å². The summed E-state index contributed by atoms with van der Waals surface area (Å²) in [5, 5.41) is 9.18. The molecule has 1 amide bonds. The van der Waals surface area contributed by atoms with Gasteiger partial charge in [0.1, 0.15) is 11.3 Å². The van der Waals surface area contributed by atoms with Crippen molar-refractivity contribution in [3.8, 4) is 0 Å². The molecule has 1 aliphatic rings. The monoisotopic (exact) mass is 287 g/mol. The number of fused-ring (bicyclic) bond motifs is 1. The first-order valence-electron chi connectivity index (χ1n) is 7.56. The van der Waals surface area contributed by atoms with Crippen LogP contribution in [0.5, 0.6) is 0 Å². The minimum Gasteiger partial charge on any atom is -0.396 e. The Kier molecular flexibility index (Phi) is 3.92. The molecule has 5 heteroatoms. The van der Waals surface area contributed by atoms with Gasteiger partial charge in [-0.3, -0.25) is 4.79 Å². The lowest BCUT2D eigenvalue weighted by atomic mass is 9.99. The highest BCUT2D eigenvalue weighted by molar-refractivity contribution is 5.93. The second kappa shape index (κ2) is 5.85. The van der Waals surface area contributed by atoms with E-state index in [4.69, 9.17) is 0 Å². The molecule has 21 heavy (non-hydrogen) atoms. The zero-order chi connectivity index (χ0) is 14.8. The Morgan fingerprint density at radius 1 is 1.48 bits per heavy atom. The van der Waals surface area contributed by atoms with Gasteiger partial charge in [0, 0.05) is 31.6 Å². The van der Waals surface area contributed by atoms with Gasteiger partial charge >= 0.3 is 0 Å². The number of carbonyl (C=O) groups excluding carboxylic acids is 1. The van der Waals surface area contributed by atoms with Crippen LogP contribution in [0.3, 0.4) is 0 Å². The second-order valence-electron chi connectivity index (χ2n) is 5.76. The molecule has 1 N–H and O–H groups in total. The van der Waals surface area contributed by atoms with Crippen molar-refractivity contribution in [2.24, 2.45) is 0 Å². The van der Waals surface area contributed by atoms with Crippen LogP contribution in [0.2, 0.25) is 0 Å². The fourth-order valence-corrected chi connectivity index (χ4v) is 3.05. The van der Waals surface area contributed by atoms with Crippen molar-refractivity contribution in [3.05, 3.63) is 35.8 Å². The van der Waals surface area contributed by atoms with E-state index in [-0.39, 0.29) is 18.6 Å². The van der Waals surface area contributed by atoms with Crippen LogP contribution >= 0.6 is 0 Å². The number of amides is 1. The van der Waals surface area contributed by atoms with Gasteiger partial charge in [-0.1, -0.05) is 0 Å². The smallest absolute Gasteiger partial charge is 0.274 e. The lowest BCUT2D eigenvalue weighted by Crippen LogP contribution is -2.44. The van der Waals surface area contributed by atoms with Crippen LogP contribution in [-0.4, -0.2) is 44.5 Å². The fraction of sp³-hybridized carbons (Fsp3) is 0.500. The van der Waals surface area contributed by atoms with E-state index in [1.165, 1.54) is 0 Å². The molecule has 3 rings (SSSR count). The number of nitrogens with zero attached hydrogens (tertiary/aromatic N) is 3. The van der Waals surface area contributed by atoms with E-state index in [2.05, 4.69) is 4.98 Å². The van der Waals surface area contributed by atoms with Crippen LogP contribution in [0.1, 0.15) is 41.7 Å². The number of carbonyl (C=O) groups is 1. The minimum atomic E-state index is -0.0190. The average Bonchev–Trinajstić information content (AvgIpc) is 2.90. The highest BCUT2D eigenvalue weighted by atomic mass is 16.3. The van der Waals surface area contributed by atoms with Crippen LogP contribution in [0.15, 0.2) is 24.5 Å². The van der Waals surface area contributed by atoms with Crippen LogP contribution < -0.4 is 0 Å². The molecule has 112 valence electrons. The molecule has 0 bridgehead atoms. The molecule has 1 aliphatic heterocycles. The van der Waals surface area contributed by atoms with Gasteiger partial charge in [-0.05, 0) is 50.3 Å². The molecule has 3 heterocycles. The molecule has 1 saturated heterocycles. The van der Waals surface area contributed by atoms with E-state index >= 15 is 0 Å². The van der Waals surface area contributed by atoms with E-state index < -0.39 is 0 Å². The van der Waals surface area contributed by atoms with Crippen molar-refractivity contribution >= 4 is 11.6 Å². The van der Waals surface area contributed by atoms with Gasteiger partial charge in [-0.15, -0.1) is 0 Å². The molecular formula is C16H21N3O2. The third kappa shape index (κ3) is 2.78. The number of hydrogen-bond acceptors (Lipinski definition) is 3. The van der Waals surface area contributed by atoms with Gasteiger partial charge in [0.05, 0.1) is 0 Å². The number of aliphatic hydroxyl groups excluding tert-OH is 1. The first kappa shape index (κ1) is 14.1. The maximum Gasteiger partial charge on any atom is 0.274 e.